The zero-order chi connectivity index (χ0) is 28.8. The van der Waals surface area contributed by atoms with Crippen molar-refractivity contribution < 1.29 is 14.3 Å². The van der Waals surface area contributed by atoms with Gasteiger partial charge in [0, 0.05) is 27.2 Å². The van der Waals surface area contributed by atoms with E-state index in [1.807, 2.05) is 55.5 Å². The average molecular weight is 649 g/mol. The van der Waals surface area contributed by atoms with Gasteiger partial charge in [-0.3, -0.25) is 14.2 Å². The van der Waals surface area contributed by atoms with Crippen LogP contribution in [-0.2, 0) is 14.3 Å². The van der Waals surface area contributed by atoms with Gasteiger partial charge in [0.15, 0.2) is 4.80 Å². The minimum absolute atomic E-state index is 0.152. The first-order valence-corrected chi connectivity index (χ1v) is 15.0. The Kier molecular flexibility index (Phi) is 7.27. The van der Waals surface area contributed by atoms with Crippen molar-refractivity contribution in [3.8, 4) is 0 Å². The Balaban J connectivity index is 1.72. The van der Waals surface area contributed by atoms with Gasteiger partial charge in [0.2, 0.25) is 0 Å². The van der Waals surface area contributed by atoms with Gasteiger partial charge in [-0.05, 0) is 49.7 Å². The second-order valence-corrected chi connectivity index (χ2v) is 11.7. The number of benzene rings is 3. The Bertz CT molecular complexity index is 1930. The van der Waals surface area contributed by atoms with E-state index in [2.05, 4.69) is 15.9 Å². The van der Waals surface area contributed by atoms with Crippen molar-refractivity contribution >= 4 is 67.7 Å². The highest BCUT2D eigenvalue weighted by atomic mass is 79.9. The molecule has 0 fully saturated rings. The first kappa shape index (κ1) is 27.4. The number of rotatable bonds is 5. The Labute approximate surface area is 252 Å². The molecule has 0 radical (unpaired) electrons. The number of nitrogens with zero attached hydrogens (tertiary/aromatic N) is 3. The minimum atomic E-state index is -0.854. The zero-order valence-corrected chi connectivity index (χ0v) is 25.2. The molecule has 206 valence electrons. The predicted octanol–water partition coefficient (Wildman–Crippen LogP) is 5.09. The summed E-state index contributed by atoms with van der Waals surface area (Å²) >= 11 is 10.9. The van der Waals surface area contributed by atoms with Gasteiger partial charge in [-0.25, -0.2) is 9.79 Å². The van der Waals surface area contributed by atoms with Crippen LogP contribution in [0.5, 0.6) is 0 Å². The lowest BCUT2D eigenvalue weighted by molar-refractivity contribution is -0.138. The number of esters is 1. The van der Waals surface area contributed by atoms with Crippen molar-refractivity contribution in [3.63, 3.8) is 0 Å². The van der Waals surface area contributed by atoms with Gasteiger partial charge in [0.25, 0.3) is 11.5 Å². The van der Waals surface area contributed by atoms with E-state index in [-0.39, 0.29) is 22.6 Å². The molecule has 41 heavy (non-hydrogen) atoms. The number of anilines is 1. The number of hydrogen-bond donors (Lipinski definition) is 0. The zero-order valence-electron chi connectivity index (χ0n) is 22.1. The van der Waals surface area contributed by atoms with Crippen LogP contribution in [0.25, 0.3) is 11.3 Å². The van der Waals surface area contributed by atoms with Crippen LogP contribution in [0.15, 0.2) is 92.6 Å². The van der Waals surface area contributed by atoms with Gasteiger partial charge < -0.3 is 9.64 Å². The summed E-state index contributed by atoms with van der Waals surface area (Å²) in [5.74, 6) is -0.821. The summed E-state index contributed by atoms with van der Waals surface area (Å²) in [6.07, 6.45) is 0. The Hall–Kier alpha value is -3.79. The van der Waals surface area contributed by atoms with Crippen LogP contribution < -0.4 is 19.8 Å². The standard InChI is InChI=1S/C31H23BrClN3O4S/c1-3-35-22-15-12-19(32)16-21(22)23(28(35)37)27-29(38)36-26(18-10-13-20(33)14-11-18)24(30(39)40-4-2)25(34-31(36)41-27)17-8-6-5-7-9-17/h5-16,26H,3-4H2,1-2H3/b27-23+/t26-/m0/s1. The molecule has 6 rings (SSSR count). The van der Waals surface area contributed by atoms with Crippen LogP contribution in [0.2, 0.25) is 5.02 Å². The van der Waals surface area contributed by atoms with E-state index in [4.69, 9.17) is 21.3 Å². The lowest BCUT2D eigenvalue weighted by atomic mass is 9.93. The van der Waals surface area contributed by atoms with E-state index in [0.29, 0.717) is 44.3 Å². The largest absolute Gasteiger partial charge is 0.463 e. The summed E-state index contributed by atoms with van der Waals surface area (Å²) in [5, 5.41) is 0.520. The molecular formula is C31H23BrClN3O4S. The third kappa shape index (κ3) is 4.58. The Morgan fingerprint density at radius 3 is 2.46 bits per heavy atom. The van der Waals surface area contributed by atoms with E-state index in [9.17, 15) is 14.4 Å². The summed E-state index contributed by atoms with van der Waals surface area (Å²) in [5.41, 5.74) is 3.35. The fourth-order valence-corrected chi connectivity index (χ4v) is 6.87. The second kappa shape index (κ2) is 10.9. The van der Waals surface area contributed by atoms with Crippen LogP contribution >= 0.6 is 38.9 Å². The van der Waals surface area contributed by atoms with E-state index >= 15 is 0 Å². The third-order valence-corrected chi connectivity index (χ3v) is 8.85. The smallest absolute Gasteiger partial charge is 0.338 e. The van der Waals surface area contributed by atoms with Crippen molar-refractivity contribution in [2.45, 2.75) is 19.9 Å². The van der Waals surface area contributed by atoms with Crippen molar-refractivity contribution in [1.29, 1.82) is 0 Å². The van der Waals surface area contributed by atoms with Crippen molar-refractivity contribution in [3.05, 3.63) is 124 Å². The van der Waals surface area contributed by atoms with Gasteiger partial charge >= 0.3 is 5.97 Å². The van der Waals surface area contributed by atoms with Crippen molar-refractivity contribution in [2.75, 3.05) is 18.1 Å². The van der Waals surface area contributed by atoms with Crippen molar-refractivity contribution in [2.24, 2.45) is 4.99 Å². The molecule has 0 bridgehead atoms. The summed E-state index contributed by atoms with van der Waals surface area (Å²) in [4.78, 5) is 48.6. The molecule has 7 nitrogen and oxygen atoms in total. The molecule has 1 amide bonds. The molecule has 0 saturated heterocycles. The summed E-state index contributed by atoms with van der Waals surface area (Å²) < 4.78 is 8.06. The molecule has 1 aromatic heterocycles. The average Bonchev–Trinajstić information content (AvgIpc) is 3.44. The quantitative estimate of drug-likeness (QED) is 0.283. The van der Waals surface area contributed by atoms with Gasteiger partial charge in [-0.1, -0.05) is 81.3 Å². The van der Waals surface area contributed by atoms with Crippen LogP contribution in [0.3, 0.4) is 0 Å². The number of amides is 1. The van der Waals surface area contributed by atoms with Crippen LogP contribution in [0.1, 0.15) is 36.6 Å². The molecule has 0 saturated carbocycles. The number of aromatic nitrogens is 1. The SMILES string of the molecule is CCOC(=O)C1=C(c2ccccc2)N=c2s/c(=C3/C(=O)N(CC)c4ccc(Br)cc43)c(=O)n2[C@H]1c1ccc(Cl)cc1. The summed E-state index contributed by atoms with van der Waals surface area (Å²) in [7, 11) is 0. The molecule has 10 heteroatoms. The number of fused-ring (bicyclic) bond motifs is 2. The highest BCUT2D eigenvalue weighted by molar-refractivity contribution is 9.10. The molecule has 2 aliphatic rings. The lowest BCUT2D eigenvalue weighted by Gasteiger charge is -2.26. The maximum Gasteiger partial charge on any atom is 0.338 e. The molecule has 3 aromatic carbocycles. The fraction of sp³-hybridized carbons (Fsp3) is 0.161. The van der Waals surface area contributed by atoms with Gasteiger partial charge in [0.1, 0.15) is 4.53 Å². The number of carbonyl (C=O) groups excluding carboxylic acids is 2. The monoisotopic (exact) mass is 647 g/mol. The molecular weight excluding hydrogens is 626 g/mol. The van der Waals surface area contributed by atoms with E-state index in [1.54, 1.807) is 36.1 Å². The third-order valence-electron chi connectivity index (χ3n) is 7.06. The fourth-order valence-electron chi connectivity index (χ4n) is 5.29. The first-order valence-electron chi connectivity index (χ1n) is 13.0. The van der Waals surface area contributed by atoms with Gasteiger partial charge in [0.05, 0.1) is 35.2 Å². The van der Waals surface area contributed by atoms with Crippen LogP contribution in [-0.4, -0.2) is 29.6 Å². The lowest BCUT2D eigenvalue weighted by Crippen LogP contribution is -2.41. The molecule has 1 atom stereocenters. The molecule has 0 N–H and O–H groups in total. The van der Waals surface area contributed by atoms with Crippen LogP contribution in [0.4, 0.5) is 5.69 Å². The van der Waals surface area contributed by atoms with Crippen molar-refractivity contribution in [1.82, 2.24) is 4.57 Å². The van der Waals surface area contributed by atoms with Gasteiger partial charge in [-0.2, -0.15) is 0 Å². The topological polar surface area (TPSA) is 81.0 Å². The van der Waals surface area contributed by atoms with E-state index < -0.39 is 17.6 Å². The normalized spacial score (nSPS) is 17.3. The first-order chi connectivity index (χ1) is 19.8. The Morgan fingerprint density at radius 2 is 1.78 bits per heavy atom. The Morgan fingerprint density at radius 1 is 1.05 bits per heavy atom. The maximum atomic E-state index is 14.4. The predicted molar refractivity (Wildman–Crippen MR) is 164 cm³/mol. The highest BCUT2D eigenvalue weighted by Crippen LogP contribution is 2.38. The van der Waals surface area contributed by atoms with E-state index in [1.165, 1.54) is 4.57 Å². The highest BCUT2D eigenvalue weighted by Gasteiger charge is 2.38. The molecule has 4 aromatic rings. The van der Waals surface area contributed by atoms with E-state index in [0.717, 1.165) is 21.5 Å². The molecule has 0 unspecified atom stereocenters. The van der Waals surface area contributed by atoms with Gasteiger partial charge in [-0.15, -0.1) is 0 Å². The molecule has 3 heterocycles. The number of carbonyl (C=O) groups is 2. The number of ether oxygens (including phenoxy) is 1. The number of likely N-dealkylation sites (N-methyl/N-ethyl adjacent to an activating group) is 1. The number of hydrogen-bond acceptors (Lipinski definition) is 6. The summed E-state index contributed by atoms with van der Waals surface area (Å²) in [6.45, 7) is 4.23. The van der Waals surface area contributed by atoms with Crippen LogP contribution in [0, 0.1) is 0 Å². The minimum Gasteiger partial charge on any atom is -0.463 e. The maximum absolute atomic E-state index is 14.4. The molecule has 2 aliphatic heterocycles. The second-order valence-electron chi connectivity index (χ2n) is 9.39. The molecule has 0 spiro atoms. The molecule has 0 aliphatic carbocycles. The number of halogens is 2. The summed E-state index contributed by atoms with van der Waals surface area (Å²) in [6, 6.07) is 21.1. The number of thiazole rings is 1.